The second-order valence-corrected chi connectivity index (χ2v) is 6.82. The van der Waals surface area contributed by atoms with E-state index in [0.29, 0.717) is 5.16 Å². The second-order valence-electron chi connectivity index (χ2n) is 4.60. The molecule has 2 rings (SSSR count). The largest absolute Gasteiger partial charge is 0.481 e. The van der Waals surface area contributed by atoms with Gasteiger partial charge in [0.05, 0.1) is 5.75 Å². The highest BCUT2D eigenvalue weighted by atomic mass is 32.2. The Balaban J connectivity index is 2.18. The first-order valence-electron chi connectivity index (χ1n) is 6.02. The summed E-state index contributed by atoms with van der Waals surface area (Å²) in [5.41, 5.74) is -0.323. The molecule has 1 saturated carbocycles. The normalized spacial score (nSPS) is 16.9. The summed E-state index contributed by atoms with van der Waals surface area (Å²) in [4.78, 5) is 25.9. The van der Waals surface area contributed by atoms with Crippen LogP contribution in [0, 0.1) is 0 Å². The fourth-order valence-corrected chi connectivity index (χ4v) is 3.75. The molecule has 0 radical (unpaired) electrons. The van der Waals surface area contributed by atoms with Gasteiger partial charge in [-0.2, -0.15) is 16.7 Å². The molecule has 0 amide bonds. The maximum Gasteiger partial charge on any atom is 0.313 e. The summed E-state index contributed by atoms with van der Waals surface area (Å²) in [6, 6.07) is 1.43. The molecule has 0 atom stereocenters. The Bertz CT molecular complexity index is 520. The highest BCUT2D eigenvalue weighted by Crippen LogP contribution is 2.44. The Morgan fingerprint density at radius 2 is 2.32 bits per heavy atom. The molecule has 1 aliphatic carbocycles. The molecule has 1 heterocycles. The maximum atomic E-state index is 11.3. The molecule has 19 heavy (non-hydrogen) atoms. The first kappa shape index (κ1) is 14.5. The highest BCUT2D eigenvalue weighted by Gasteiger charge is 2.36. The third kappa shape index (κ3) is 3.54. The lowest BCUT2D eigenvalue weighted by Crippen LogP contribution is -2.38. The number of carboxylic acids is 1. The Kier molecular flexibility index (Phi) is 4.57. The average molecular weight is 300 g/mol. The minimum atomic E-state index is -0.905. The van der Waals surface area contributed by atoms with Crippen molar-refractivity contribution in [3.8, 4) is 0 Å². The molecule has 0 unspecified atom stereocenters. The van der Waals surface area contributed by atoms with E-state index in [4.69, 9.17) is 5.11 Å². The zero-order valence-electron chi connectivity index (χ0n) is 10.7. The fourth-order valence-electron chi connectivity index (χ4n) is 2.08. The van der Waals surface area contributed by atoms with Crippen LogP contribution in [0.2, 0.25) is 0 Å². The number of nitrogens with zero attached hydrogens (tertiary/aromatic N) is 2. The zero-order valence-corrected chi connectivity index (χ0v) is 12.3. The lowest BCUT2D eigenvalue weighted by atomic mass is 9.84. The first-order valence-corrected chi connectivity index (χ1v) is 8.23. The van der Waals surface area contributed by atoms with E-state index < -0.39 is 5.97 Å². The molecule has 0 aromatic carbocycles. The molecule has 7 heteroatoms. The van der Waals surface area contributed by atoms with Gasteiger partial charge < -0.3 is 9.67 Å². The van der Waals surface area contributed by atoms with Crippen LogP contribution in [0.3, 0.4) is 0 Å². The van der Waals surface area contributed by atoms with Gasteiger partial charge in [0.2, 0.25) is 0 Å². The number of rotatable bonds is 6. The molecule has 1 aromatic heterocycles. The van der Waals surface area contributed by atoms with E-state index >= 15 is 0 Å². The second kappa shape index (κ2) is 6.00. The highest BCUT2D eigenvalue weighted by molar-refractivity contribution is 8.00. The van der Waals surface area contributed by atoms with E-state index in [-0.39, 0.29) is 16.1 Å². The number of thioether (sulfide) groups is 2. The maximum absolute atomic E-state index is 11.3. The van der Waals surface area contributed by atoms with Gasteiger partial charge in [-0.3, -0.25) is 9.59 Å². The number of hydrogen-bond donors (Lipinski definition) is 1. The summed E-state index contributed by atoms with van der Waals surface area (Å²) in [5.74, 6) is -0.985. The van der Waals surface area contributed by atoms with Gasteiger partial charge in [-0.05, 0) is 19.1 Å². The predicted octanol–water partition coefficient (Wildman–Crippen LogP) is 1.71. The summed E-state index contributed by atoms with van der Waals surface area (Å²) in [7, 11) is 0. The molecule has 1 N–H and O–H groups in total. The molecule has 5 nitrogen and oxygen atoms in total. The topological polar surface area (TPSA) is 72.2 Å². The van der Waals surface area contributed by atoms with Crippen molar-refractivity contribution in [1.82, 2.24) is 9.55 Å². The molecule has 1 aliphatic rings. The lowest BCUT2D eigenvalue weighted by Gasteiger charge is -2.41. The third-order valence-electron chi connectivity index (χ3n) is 3.33. The standard InChI is InChI=1S/C12H16N2O3S2/c1-18-12(4-2-5-12)8-14-6-3-9(15)13-11(14)19-7-10(16)17/h3,6H,2,4-5,7-8H2,1H3,(H,16,17). The Morgan fingerprint density at radius 3 is 2.84 bits per heavy atom. The van der Waals surface area contributed by atoms with E-state index in [1.807, 2.05) is 16.3 Å². The molecule has 0 spiro atoms. The van der Waals surface area contributed by atoms with Crippen LogP contribution in [-0.2, 0) is 11.3 Å². The number of hydrogen-bond acceptors (Lipinski definition) is 5. The molecular weight excluding hydrogens is 284 g/mol. The third-order valence-corrected chi connectivity index (χ3v) is 5.71. The van der Waals surface area contributed by atoms with Gasteiger partial charge in [-0.15, -0.1) is 0 Å². The van der Waals surface area contributed by atoms with E-state index in [2.05, 4.69) is 11.2 Å². The fraction of sp³-hybridized carbons (Fsp3) is 0.583. The van der Waals surface area contributed by atoms with Gasteiger partial charge in [0.25, 0.3) is 5.56 Å². The van der Waals surface area contributed by atoms with Crippen LogP contribution in [-0.4, -0.2) is 37.4 Å². The van der Waals surface area contributed by atoms with Gasteiger partial charge in [0, 0.05) is 23.6 Å². The number of carbonyl (C=O) groups is 1. The minimum absolute atomic E-state index is 0.0806. The van der Waals surface area contributed by atoms with Crippen LogP contribution < -0.4 is 5.56 Å². The number of carboxylic acid groups (broad SMARTS) is 1. The Hall–Kier alpha value is -0.950. The number of aromatic nitrogens is 2. The summed E-state index contributed by atoms with van der Waals surface area (Å²) >= 11 is 2.94. The Labute approximate surface area is 119 Å². The van der Waals surface area contributed by atoms with Crippen molar-refractivity contribution in [2.24, 2.45) is 0 Å². The average Bonchev–Trinajstić information content (AvgIpc) is 2.33. The molecule has 104 valence electrons. The van der Waals surface area contributed by atoms with Gasteiger partial charge in [0.15, 0.2) is 5.16 Å². The summed E-state index contributed by atoms with van der Waals surface area (Å²) in [6.45, 7) is 0.781. The monoisotopic (exact) mass is 300 g/mol. The van der Waals surface area contributed by atoms with Crippen molar-refractivity contribution in [2.45, 2.75) is 35.7 Å². The van der Waals surface area contributed by atoms with Crippen molar-refractivity contribution in [2.75, 3.05) is 12.0 Å². The van der Waals surface area contributed by atoms with E-state index in [0.717, 1.165) is 31.1 Å². The SMILES string of the molecule is CSC1(Cn2ccc(=O)nc2SCC(=O)O)CCC1. The van der Waals surface area contributed by atoms with Crippen LogP contribution in [0.1, 0.15) is 19.3 Å². The van der Waals surface area contributed by atoms with Crippen LogP contribution in [0.15, 0.2) is 22.2 Å². The van der Waals surface area contributed by atoms with E-state index in [9.17, 15) is 9.59 Å². The summed E-state index contributed by atoms with van der Waals surface area (Å²) in [6.07, 6.45) is 7.35. The summed E-state index contributed by atoms with van der Waals surface area (Å²) in [5, 5.41) is 9.23. The zero-order chi connectivity index (χ0) is 13.9. The molecule has 0 saturated heterocycles. The van der Waals surface area contributed by atoms with Gasteiger partial charge >= 0.3 is 5.97 Å². The lowest BCUT2D eigenvalue weighted by molar-refractivity contribution is -0.133. The van der Waals surface area contributed by atoms with Crippen LogP contribution in [0.5, 0.6) is 0 Å². The van der Waals surface area contributed by atoms with Crippen molar-refractivity contribution in [3.63, 3.8) is 0 Å². The molecule has 1 fully saturated rings. The van der Waals surface area contributed by atoms with Crippen molar-refractivity contribution < 1.29 is 9.90 Å². The summed E-state index contributed by atoms with van der Waals surface area (Å²) < 4.78 is 2.12. The van der Waals surface area contributed by atoms with Crippen molar-refractivity contribution in [1.29, 1.82) is 0 Å². The molecule has 0 bridgehead atoms. The first-order chi connectivity index (χ1) is 9.04. The van der Waals surface area contributed by atoms with Gasteiger partial charge in [0.1, 0.15) is 0 Å². The smallest absolute Gasteiger partial charge is 0.313 e. The van der Waals surface area contributed by atoms with E-state index in [1.165, 1.54) is 12.5 Å². The van der Waals surface area contributed by atoms with Crippen molar-refractivity contribution in [3.05, 3.63) is 22.6 Å². The molecule has 1 aromatic rings. The van der Waals surface area contributed by atoms with E-state index in [1.54, 1.807) is 6.20 Å². The molecule has 0 aliphatic heterocycles. The predicted molar refractivity (Wildman–Crippen MR) is 77.0 cm³/mol. The quantitative estimate of drug-likeness (QED) is 0.637. The van der Waals surface area contributed by atoms with Crippen molar-refractivity contribution >= 4 is 29.5 Å². The minimum Gasteiger partial charge on any atom is -0.481 e. The molecular formula is C12H16N2O3S2. The van der Waals surface area contributed by atoms with Crippen LogP contribution in [0.4, 0.5) is 0 Å². The Morgan fingerprint density at radius 1 is 1.58 bits per heavy atom. The van der Waals surface area contributed by atoms with Gasteiger partial charge in [-0.25, -0.2) is 0 Å². The number of aliphatic carboxylic acids is 1. The van der Waals surface area contributed by atoms with Crippen LogP contribution in [0.25, 0.3) is 0 Å². The van der Waals surface area contributed by atoms with Gasteiger partial charge in [-0.1, -0.05) is 18.2 Å². The van der Waals surface area contributed by atoms with Crippen LogP contribution >= 0.6 is 23.5 Å².